The van der Waals surface area contributed by atoms with Gasteiger partial charge in [-0.3, -0.25) is 4.79 Å². The third kappa shape index (κ3) is 3.49. The maximum absolute atomic E-state index is 13.2. The van der Waals surface area contributed by atoms with Crippen LogP contribution in [0.15, 0.2) is 48.5 Å². The predicted octanol–water partition coefficient (Wildman–Crippen LogP) is 4.29. The monoisotopic (exact) mass is 355 g/mol. The highest BCUT2D eigenvalue weighted by Crippen LogP contribution is 2.31. The highest BCUT2D eigenvalue weighted by molar-refractivity contribution is 7.22. The largest absolute Gasteiger partial charge is 0.348 e. The number of hydrogen-bond acceptors (Lipinski definition) is 4. The van der Waals surface area contributed by atoms with E-state index in [1.165, 1.54) is 16.8 Å². The van der Waals surface area contributed by atoms with Crippen LogP contribution in [-0.2, 0) is 4.79 Å². The Morgan fingerprint density at radius 3 is 2.72 bits per heavy atom. The fourth-order valence-corrected chi connectivity index (χ4v) is 4.16. The third-order valence-corrected chi connectivity index (χ3v) is 5.61. The zero-order valence-electron chi connectivity index (χ0n) is 13.6. The highest BCUT2D eigenvalue weighted by Gasteiger charge is 2.26. The van der Waals surface area contributed by atoms with Gasteiger partial charge in [0, 0.05) is 24.7 Å². The number of piperidine rings is 1. The van der Waals surface area contributed by atoms with E-state index in [4.69, 9.17) is 0 Å². The molecule has 25 heavy (non-hydrogen) atoms. The molecule has 2 aromatic carbocycles. The van der Waals surface area contributed by atoms with Crippen LogP contribution >= 0.6 is 11.3 Å². The fraction of sp³-hybridized carbons (Fsp3) is 0.263. The molecule has 1 amide bonds. The quantitative estimate of drug-likeness (QED) is 0.762. The molecular weight excluding hydrogens is 337 g/mol. The van der Waals surface area contributed by atoms with E-state index in [2.05, 4.69) is 21.3 Å². The Labute approximate surface area is 149 Å². The van der Waals surface area contributed by atoms with Crippen LogP contribution in [0, 0.1) is 11.7 Å². The molecule has 1 N–H and O–H groups in total. The van der Waals surface area contributed by atoms with E-state index in [0.717, 1.165) is 36.6 Å². The lowest BCUT2D eigenvalue weighted by Crippen LogP contribution is -2.38. The summed E-state index contributed by atoms with van der Waals surface area (Å²) in [6.45, 7) is 1.61. The molecule has 0 atom stereocenters. The van der Waals surface area contributed by atoms with Crippen molar-refractivity contribution in [3.05, 3.63) is 54.3 Å². The van der Waals surface area contributed by atoms with Gasteiger partial charge in [-0.1, -0.05) is 29.5 Å². The van der Waals surface area contributed by atoms with Crippen LogP contribution in [0.5, 0.6) is 0 Å². The standard InChI is InChI=1S/C19H18FN3OS/c20-14-4-3-5-15(12-14)21-18(24)13-8-10-23(11-9-13)19-22-16-6-1-2-7-17(16)25-19/h1-7,12-13H,8-11H2,(H,21,24). The number of benzene rings is 2. The van der Waals surface area contributed by atoms with Gasteiger partial charge in [0.2, 0.25) is 5.91 Å². The molecule has 128 valence electrons. The van der Waals surface area contributed by atoms with E-state index in [1.807, 2.05) is 18.2 Å². The van der Waals surface area contributed by atoms with Crippen molar-refractivity contribution in [1.29, 1.82) is 0 Å². The first-order chi connectivity index (χ1) is 12.2. The molecule has 1 saturated heterocycles. The number of nitrogens with one attached hydrogen (secondary N) is 1. The molecule has 6 heteroatoms. The smallest absolute Gasteiger partial charge is 0.227 e. The summed E-state index contributed by atoms with van der Waals surface area (Å²) >= 11 is 1.69. The molecule has 1 aliphatic heterocycles. The van der Waals surface area contributed by atoms with E-state index < -0.39 is 0 Å². The molecule has 4 rings (SSSR count). The molecule has 2 heterocycles. The minimum Gasteiger partial charge on any atom is -0.348 e. The van der Waals surface area contributed by atoms with E-state index in [1.54, 1.807) is 23.5 Å². The summed E-state index contributed by atoms with van der Waals surface area (Å²) in [4.78, 5) is 19.3. The number of anilines is 2. The lowest BCUT2D eigenvalue weighted by atomic mass is 9.96. The number of nitrogens with zero attached hydrogens (tertiary/aromatic N) is 2. The SMILES string of the molecule is O=C(Nc1cccc(F)c1)C1CCN(c2nc3ccccc3s2)CC1. The van der Waals surface area contributed by atoms with E-state index in [-0.39, 0.29) is 17.6 Å². The van der Waals surface area contributed by atoms with Gasteiger partial charge >= 0.3 is 0 Å². The topological polar surface area (TPSA) is 45.2 Å². The summed E-state index contributed by atoms with van der Waals surface area (Å²) < 4.78 is 14.4. The average Bonchev–Trinajstić information content (AvgIpc) is 3.06. The maximum atomic E-state index is 13.2. The van der Waals surface area contributed by atoms with Gasteiger partial charge in [-0.15, -0.1) is 0 Å². The Balaban J connectivity index is 1.38. The van der Waals surface area contributed by atoms with Gasteiger partial charge in [0.25, 0.3) is 0 Å². The van der Waals surface area contributed by atoms with Crippen LogP contribution in [0.4, 0.5) is 15.2 Å². The average molecular weight is 355 g/mol. The van der Waals surface area contributed by atoms with Gasteiger partial charge in [0.1, 0.15) is 5.82 Å². The number of carbonyl (C=O) groups is 1. The van der Waals surface area contributed by atoms with E-state index >= 15 is 0 Å². The second kappa shape index (κ2) is 6.80. The van der Waals surface area contributed by atoms with Crippen molar-refractivity contribution in [3.63, 3.8) is 0 Å². The zero-order chi connectivity index (χ0) is 17.2. The number of rotatable bonds is 3. The Kier molecular flexibility index (Phi) is 4.36. The lowest BCUT2D eigenvalue weighted by molar-refractivity contribution is -0.120. The Morgan fingerprint density at radius 2 is 1.96 bits per heavy atom. The summed E-state index contributed by atoms with van der Waals surface area (Å²) in [7, 11) is 0. The van der Waals surface area contributed by atoms with E-state index in [9.17, 15) is 9.18 Å². The normalized spacial score (nSPS) is 15.5. The van der Waals surface area contributed by atoms with Crippen LogP contribution in [-0.4, -0.2) is 24.0 Å². The number of amides is 1. The molecule has 0 aliphatic carbocycles. The van der Waals surface area contributed by atoms with Crippen molar-refractivity contribution in [3.8, 4) is 0 Å². The van der Waals surface area contributed by atoms with Crippen LogP contribution in [0.3, 0.4) is 0 Å². The molecule has 1 fully saturated rings. The predicted molar refractivity (Wildman–Crippen MR) is 99.6 cm³/mol. The number of hydrogen-bond donors (Lipinski definition) is 1. The Morgan fingerprint density at radius 1 is 1.16 bits per heavy atom. The maximum Gasteiger partial charge on any atom is 0.227 e. The van der Waals surface area contributed by atoms with E-state index in [0.29, 0.717) is 5.69 Å². The first-order valence-corrected chi connectivity index (χ1v) is 9.18. The van der Waals surface area contributed by atoms with Crippen LogP contribution in [0.1, 0.15) is 12.8 Å². The van der Waals surface area contributed by atoms with Gasteiger partial charge in [-0.25, -0.2) is 9.37 Å². The van der Waals surface area contributed by atoms with Gasteiger partial charge in [-0.2, -0.15) is 0 Å². The lowest BCUT2D eigenvalue weighted by Gasteiger charge is -2.31. The first-order valence-electron chi connectivity index (χ1n) is 8.36. The summed E-state index contributed by atoms with van der Waals surface area (Å²) in [6.07, 6.45) is 1.55. The zero-order valence-corrected chi connectivity index (χ0v) is 14.4. The van der Waals surface area contributed by atoms with Crippen LogP contribution < -0.4 is 10.2 Å². The number of fused-ring (bicyclic) bond motifs is 1. The van der Waals surface area contributed by atoms with Crippen molar-refractivity contribution in [2.75, 3.05) is 23.3 Å². The summed E-state index contributed by atoms with van der Waals surface area (Å²) in [5.74, 6) is -0.424. The second-order valence-electron chi connectivity index (χ2n) is 6.23. The van der Waals surface area contributed by atoms with Gasteiger partial charge in [0.15, 0.2) is 5.13 Å². The third-order valence-electron chi connectivity index (χ3n) is 4.51. The number of halogens is 1. The van der Waals surface area contributed by atoms with Gasteiger partial charge in [-0.05, 0) is 43.2 Å². The molecule has 0 bridgehead atoms. The van der Waals surface area contributed by atoms with Gasteiger partial charge < -0.3 is 10.2 Å². The Bertz CT molecular complexity index is 869. The minimum atomic E-state index is -0.344. The molecule has 0 unspecified atom stereocenters. The number of para-hydroxylation sites is 1. The molecule has 1 aromatic heterocycles. The molecule has 3 aromatic rings. The van der Waals surface area contributed by atoms with Crippen molar-refractivity contribution < 1.29 is 9.18 Å². The number of thiazole rings is 1. The molecule has 4 nitrogen and oxygen atoms in total. The van der Waals surface area contributed by atoms with Crippen LogP contribution in [0.2, 0.25) is 0 Å². The number of aromatic nitrogens is 1. The summed E-state index contributed by atoms with van der Waals surface area (Å²) in [5, 5.41) is 3.84. The second-order valence-corrected chi connectivity index (χ2v) is 7.23. The van der Waals surface area contributed by atoms with Crippen molar-refractivity contribution in [1.82, 2.24) is 4.98 Å². The Hall–Kier alpha value is -2.47. The first kappa shape index (κ1) is 16.0. The van der Waals surface area contributed by atoms with Gasteiger partial charge in [0.05, 0.1) is 10.2 Å². The minimum absolute atomic E-state index is 0.0328. The molecule has 1 aliphatic rings. The van der Waals surface area contributed by atoms with Crippen molar-refractivity contribution >= 4 is 38.3 Å². The fourth-order valence-electron chi connectivity index (χ4n) is 3.14. The van der Waals surface area contributed by atoms with Crippen LogP contribution in [0.25, 0.3) is 10.2 Å². The highest BCUT2D eigenvalue weighted by atomic mass is 32.1. The molecule has 0 radical (unpaired) electrons. The molecule has 0 spiro atoms. The molecule has 0 saturated carbocycles. The summed E-state index contributed by atoms with van der Waals surface area (Å²) in [5.41, 5.74) is 1.53. The van der Waals surface area contributed by atoms with Crippen molar-refractivity contribution in [2.45, 2.75) is 12.8 Å². The summed E-state index contributed by atoms with van der Waals surface area (Å²) in [6, 6.07) is 14.1. The molecular formula is C19H18FN3OS. The van der Waals surface area contributed by atoms with Crippen molar-refractivity contribution in [2.24, 2.45) is 5.92 Å². The number of carbonyl (C=O) groups excluding carboxylic acids is 1.